The lowest BCUT2D eigenvalue weighted by molar-refractivity contribution is 0.365. The molecule has 1 N–H and O–H groups in total. The van der Waals surface area contributed by atoms with Crippen LogP contribution in [-0.4, -0.2) is 20.9 Å². The quantitative estimate of drug-likeness (QED) is 0.916. The van der Waals surface area contributed by atoms with Gasteiger partial charge in [0.2, 0.25) is 0 Å². The van der Waals surface area contributed by atoms with Crippen LogP contribution in [0.25, 0.3) is 5.65 Å². The molecule has 0 amide bonds. The van der Waals surface area contributed by atoms with Crippen molar-refractivity contribution in [2.75, 3.05) is 11.9 Å². The number of rotatable bonds is 4. The summed E-state index contributed by atoms with van der Waals surface area (Å²) < 4.78 is 2.04. The molecule has 1 aliphatic rings. The molecule has 0 bridgehead atoms. The Kier molecular flexibility index (Phi) is 4.73. The van der Waals surface area contributed by atoms with E-state index in [9.17, 15) is 0 Å². The monoisotopic (exact) mass is 286 g/mol. The number of hydrogen-bond acceptors (Lipinski definition) is 3. The van der Waals surface area contributed by atoms with Gasteiger partial charge in [-0.15, -0.1) is 0 Å². The van der Waals surface area contributed by atoms with Crippen molar-refractivity contribution in [1.29, 1.82) is 0 Å². The molecular formula is C17H26N4. The molecule has 1 aliphatic carbocycles. The van der Waals surface area contributed by atoms with Gasteiger partial charge in [0, 0.05) is 25.1 Å². The van der Waals surface area contributed by atoms with Crippen molar-refractivity contribution in [3.05, 3.63) is 24.3 Å². The fourth-order valence-corrected chi connectivity index (χ4v) is 3.40. The number of hydrogen-bond donors (Lipinski definition) is 1. The molecule has 21 heavy (non-hydrogen) atoms. The van der Waals surface area contributed by atoms with Gasteiger partial charge < -0.3 is 9.72 Å². The average molecular weight is 286 g/mol. The summed E-state index contributed by atoms with van der Waals surface area (Å²) in [5, 5.41) is 3.50. The van der Waals surface area contributed by atoms with Crippen LogP contribution in [0, 0.1) is 12.8 Å². The van der Waals surface area contributed by atoms with Gasteiger partial charge in [-0.2, -0.15) is 0 Å². The Morgan fingerprint density at radius 1 is 1.19 bits per heavy atom. The van der Waals surface area contributed by atoms with Gasteiger partial charge in [-0.3, -0.25) is 0 Å². The van der Waals surface area contributed by atoms with E-state index < -0.39 is 0 Å². The summed E-state index contributed by atoms with van der Waals surface area (Å²) >= 11 is 0. The Morgan fingerprint density at radius 2 is 1.95 bits per heavy atom. The molecule has 1 saturated carbocycles. The maximum absolute atomic E-state index is 4.60. The second-order valence-corrected chi connectivity index (χ2v) is 6.32. The lowest BCUT2D eigenvalue weighted by Gasteiger charge is -2.19. The lowest BCUT2D eigenvalue weighted by atomic mass is 9.89. The number of nitrogens with zero attached hydrogens (tertiary/aromatic N) is 3. The van der Waals surface area contributed by atoms with Crippen LogP contribution in [-0.2, 0) is 0 Å². The van der Waals surface area contributed by atoms with Gasteiger partial charge >= 0.3 is 0 Å². The minimum Gasteiger partial charge on any atom is -0.367 e. The summed E-state index contributed by atoms with van der Waals surface area (Å²) in [6.45, 7) is 3.03. The van der Waals surface area contributed by atoms with E-state index in [1.54, 1.807) is 0 Å². The van der Waals surface area contributed by atoms with Crippen LogP contribution in [0.4, 0.5) is 5.82 Å². The molecule has 4 heteroatoms. The first-order chi connectivity index (χ1) is 10.3. The third kappa shape index (κ3) is 3.74. The zero-order valence-electron chi connectivity index (χ0n) is 13.0. The van der Waals surface area contributed by atoms with Crippen molar-refractivity contribution in [3.63, 3.8) is 0 Å². The highest BCUT2D eigenvalue weighted by atomic mass is 15.1. The van der Waals surface area contributed by atoms with Crippen LogP contribution >= 0.6 is 0 Å². The van der Waals surface area contributed by atoms with E-state index in [0.29, 0.717) is 0 Å². The van der Waals surface area contributed by atoms with E-state index in [1.807, 2.05) is 29.9 Å². The highest BCUT2D eigenvalue weighted by Crippen LogP contribution is 2.25. The summed E-state index contributed by atoms with van der Waals surface area (Å²) in [6.07, 6.45) is 17.0. The molecule has 2 aromatic heterocycles. The fraction of sp³-hybridized carbons (Fsp3) is 0.647. The number of imidazole rings is 1. The Balaban J connectivity index is 1.57. The summed E-state index contributed by atoms with van der Waals surface area (Å²) in [4.78, 5) is 8.99. The second kappa shape index (κ2) is 6.92. The predicted octanol–water partition coefficient (Wildman–Crippen LogP) is 4.20. The normalized spacial score (nSPS) is 17.6. The van der Waals surface area contributed by atoms with Crippen molar-refractivity contribution in [2.24, 2.45) is 5.92 Å². The Bertz CT molecular complexity index is 567. The predicted molar refractivity (Wildman–Crippen MR) is 86.6 cm³/mol. The zero-order valence-corrected chi connectivity index (χ0v) is 13.0. The van der Waals surface area contributed by atoms with Gasteiger partial charge in [0.15, 0.2) is 11.5 Å². The second-order valence-electron chi connectivity index (χ2n) is 6.32. The van der Waals surface area contributed by atoms with E-state index in [0.717, 1.165) is 29.6 Å². The first-order valence-electron chi connectivity index (χ1n) is 8.37. The lowest BCUT2D eigenvalue weighted by Crippen LogP contribution is -2.12. The van der Waals surface area contributed by atoms with Gasteiger partial charge in [-0.25, -0.2) is 9.97 Å². The molecule has 3 rings (SSSR count). The van der Waals surface area contributed by atoms with Gasteiger partial charge in [0.25, 0.3) is 0 Å². The van der Waals surface area contributed by atoms with Crippen molar-refractivity contribution in [1.82, 2.24) is 14.4 Å². The molecule has 0 atom stereocenters. The molecule has 0 radical (unpaired) electrons. The van der Waals surface area contributed by atoms with Crippen molar-refractivity contribution in [2.45, 2.75) is 58.3 Å². The van der Waals surface area contributed by atoms with Crippen LogP contribution in [0.5, 0.6) is 0 Å². The molecular weight excluding hydrogens is 260 g/mol. The number of nitrogens with one attached hydrogen (secondary N) is 1. The number of aryl methyl sites for hydroxylation is 1. The maximum Gasteiger partial charge on any atom is 0.180 e. The van der Waals surface area contributed by atoms with Crippen molar-refractivity contribution < 1.29 is 0 Å². The van der Waals surface area contributed by atoms with Crippen LogP contribution in [0.2, 0.25) is 0 Å². The van der Waals surface area contributed by atoms with Crippen molar-refractivity contribution >= 4 is 11.5 Å². The molecule has 4 nitrogen and oxygen atoms in total. The first-order valence-corrected chi connectivity index (χ1v) is 8.37. The first kappa shape index (κ1) is 14.4. The zero-order chi connectivity index (χ0) is 14.5. The van der Waals surface area contributed by atoms with Crippen LogP contribution < -0.4 is 5.32 Å². The summed E-state index contributed by atoms with van der Waals surface area (Å²) in [6, 6.07) is 0. The van der Waals surface area contributed by atoms with E-state index in [2.05, 4.69) is 15.3 Å². The topological polar surface area (TPSA) is 42.2 Å². The van der Waals surface area contributed by atoms with E-state index in [1.165, 1.54) is 51.4 Å². The van der Waals surface area contributed by atoms with Gasteiger partial charge in [0.05, 0.1) is 5.69 Å². The Labute approximate surface area is 127 Å². The summed E-state index contributed by atoms with van der Waals surface area (Å²) in [7, 11) is 0. The smallest absolute Gasteiger partial charge is 0.180 e. The Morgan fingerprint density at radius 3 is 2.76 bits per heavy atom. The van der Waals surface area contributed by atoms with E-state index in [-0.39, 0.29) is 0 Å². The fourth-order valence-electron chi connectivity index (χ4n) is 3.40. The molecule has 0 aliphatic heterocycles. The van der Waals surface area contributed by atoms with Crippen LogP contribution in [0.15, 0.2) is 18.6 Å². The van der Waals surface area contributed by atoms with Gasteiger partial charge in [0.1, 0.15) is 0 Å². The van der Waals surface area contributed by atoms with Crippen LogP contribution in [0.3, 0.4) is 0 Å². The number of fused-ring (bicyclic) bond motifs is 1. The Hall–Kier alpha value is -1.58. The summed E-state index contributed by atoms with van der Waals surface area (Å²) in [5.41, 5.74) is 1.95. The standard InChI is InChI=1S/C17H26N4/c1-14-13-21-12-11-19-17(21)16(20-14)18-10-9-15-7-5-3-2-4-6-8-15/h11-13,15H,2-10H2,1H3,(H,18,20). The highest BCUT2D eigenvalue weighted by Gasteiger charge is 2.12. The minimum atomic E-state index is 0.887. The molecule has 2 aromatic rings. The molecule has 0 unspecified atom stereocenters. The van der Waals surface area contributed by atoms with Gasteiger partial charge in [-0.1, -0.05) is 44.9 Å². The highest BCUT2D eigenvalue weighted by molar-refractivity contribution is 5.62. The molecule has 0 spiro atoms. The number of anilines is 1. The molecule has 114 valence electrons. The largest absolute Gasteiger partial charge is 0.367 e. The van der Waals surface area contributed by atoms with Crippen molar-refractivity contribution in [3.8, 4) is 0 Å². The van der Waals surface area contributed by atoms with Crippen LogP contribution in [0.1, 0.15) is 57.1 Å². The molecule has 0 aromatic carbocycles. The SMILES string of the molecule is Cc1cn2ccnc2c(NCCC2CCCCCCC2)n1. The molecule has 2 heterocycles. The maximum atomic E-state index is 4.60. The minimum absolute atomic E-state index is 0.887. The molecule has 0 saturated heterocycles. The third-order valence-corrected chi connectivity index (χ3v) is 4.56. The average Bonchev–Trinajstić information content (AvgIpc) is 2.89. The summed E-state index contributed by atoms with van der Waals surface area (Å²) in [5.74, 6) is 1.81. The van der Waals surface area contributed by atoms with E-state index >= 15 is 0 Å². The van der Waals surface area contributed by atoms with Gasteiger partial charge in [-0.05, 0) is 19.3 Å². The molecule has 1 fully saturated rings. The third-order valence-electron chi connectivity index (χ3n) is 4.56. The van der Waals surface area contributed by atoms with E-state index in [4.69, 9.17) is 0 Å². The number of aromatic nitrogens is 3.